The van der Waals surface area contributed by atoms with Crippen LogP contribution in [0.5, 0.6) is 0 Å². The van der Waals surface area contributed by atoms with Gasteiger partial charge in [0.25, 0.3) is 0 Å². The lowest BCUT2D eigenvalue weighted by atomic mass is 9.95. The second kappa shape index (κ2) is 33.5. The maximum Gasteiger partial charge on any atom is 0.245 e. The fraction of sp³-hybridized carbons (Fsp3) is 0.766. The standard InChI is InChI=1S/C47H87N13O11/c1-14-20-31(40(65)56-37(27(8)16-3)43(68)54-32(22-19-23-51-47(48)49)46(71)60(13)33(21-15-2)41(66)50-18-5)53-45(70)39(29(10)61)58-44(69)38(28(9)17-4)57-42(67)36(26(6)7)55-34(63)24-52-35(64)25-59(12)30(11)62/h26-29,31-33,36-39,61H,14-25H2,1-13H3,(H,50,66)(H,52,64)(H,53,70)(H,54,68)(H,55,63)(H,56,65)(H,57,67)(H,58,69)(H4,48,49,51)/t27-,28-,29+,31-,32-,33-,36-,37-,38+,39-/m0/s1. The van der Waals surface area contributed by atoms with Crippen molar-refractivity contribution in [3.63, 3.8) is 0 Å². The number of hydrogen-bond donors (Lipinski definition) is 11. The van der Waals surface area contributed by atoms with Crippen molar-refractivity contribution >= 4 is 65.0 Å². The Bertz CT molecular complexity index is 1810. The summed E-state index contributed by atoms with van der Waals surface area (Å²) in [5.74, 6) is -8.14. The molecule has 24 heteroatoms. The van der Waals surface area contributed by atoms with Gasteiger partial charge in [-0.1, -0.05) is 81.1 Å². The Morgan fingerprint density at radius 1 is 0.577 bits per heavy atom. The molecule has 0 unspecified atom stereocenters. The minimum absolute atomic E-state index is 0.0786. The highest BCUT2D eigenvalue weighted by atomic mass is 16.3. The van der Waals surface area contributed by atoms with Crippen molar-refractivity contribution in [2.45, 2.75) is 176 Å². The lowest BCUT2D eigenvalue weighted by molar-refractivity contribution is -0.143. The number of aliphatic hydroxyl groups excluding tert-OH is 1. The number of nitrogens with one attached hydrogen (secondary N) is 8. The Balaban J connectivity index is 6.46. The van der Waals surface area contributed by atoms with Crippen molar-refractivity contribution in [1.29, 1.82) is 0 Å². The molecule has 0 aliphatic heterocycles. The molecule has 0 bridgehead atoms. The summed E-state index contributed by atoms with van der Waals surface area (Å²) in [6.07, 6.45) is 1.07. The van der Waals surface area contributed by atoms with Gasteiger partial charge >= 0.3 is 0 Å². The summed E-state index contributed by atoms with van der Waals surface area (Å²) in [5.41, 5.74) is 11.0. The van der Waals surface area contributed by atoms with Crippen LogP contribution in [0.1, 0.15) is 128 Å². The molecule has 0 heterocycles. The normalized spacial score (nSPS) is 15.3. The van der Waals surface area contributed by atoms with Gasteiger partial charge in [0.05, 0.1) is 19.2 Å². The number of nitrogens with zero attached hydrogens (tertiary/aromatic N) is 3. The topological polar surface area (TPSA) is 358 Å². The Hall–Kier alpha value is -6.07. The Kier molecular flexibility index (Phi) is 30.6. The number of hydrogen-bond acceptors (Lipinski definition) is 12. The third kappa shape index (κ3) is 23.1. The van der Waals surface area contributed by atoms with Gasteiger partial charge in [-0.05, 0) is 57.3 Å². The molecule has 0 rings (SSSR count). The molecule has 13 N–H and O–H groups in total. The number of carbonyl (C=O) groups is 10. The van der Waals surface area contributed by atoms with Gasteiger partial charge in [0.1, 0.15) is 42.3 Å². The van der Waals surface area contributed by atoms with E-state index in [-0.39, 0.29) is 50.1 Å². The summed E-state index contributed by atoms with van der Waals surface area (Å²) >= 11 is 0. The monoisotopic (exact) mass is 1010 g/mol. The van der Waals surface area contributed by atoms with E-state index in [2.05, 4.69) is 47.5 Å². The van der Waals surface area contributed by atoms with E-state index in [0.717, 1.165) is 4.90 Å². The third-order valence-electron chi connectivity index (χ3n) is 12.1. The molecule has 0 saturated heterocycles. The number of guanidine groups is 1. The number of amides is 10. The van der Waals surface area contributed by atoms with E-state index >= 15 is 0 Å². The highest BCUT2D eigenvalue weighted by molar-refractivity contribution is 5.98. The fourth-order valence-corrected chi connectivity index (χ4v) is 7.18. The number of aliphatic imine (C=N–C) groups is 1. The predicted molar refractivity (Wildman–Crippen MR) is 268 cm³/mol. The minimum atomic E-state index is -1.63. The Labute approximate surface area is 419 Å². The number of nitrogens with two attached hydrogens (primary N) is 2. The molecule has 0 aromatic carbocycles. The molecule has 406 valence electrons. The molecule has 0 aliphatic rings. The van der Waals surface area contributed by atoms with E-state index < -0.39 is 120 Å². The largest absolute Gasteiger partial charge is 0.391 e. The average molecular weight is 1010 g/mol. The molecule has 71 heavy (non-hydrogen) atoms. The summed E-state index contributed by atoms with van der Waals surface area (Å²) in [6, 6.07) is -8.49. The first-order chi connectivity index (χ1) is 33.2. The van der Waals surface area contributed by atoms with E-state index in [1.54, 1.807) is 48.5 Å². The van der Waals surface area contributed by atoms with Crippen LogP contribution in [0.15, 0.2) is 4.99 Å². The maximum absolute atomic E-state index is 14.2. The van der Waals surface area contributed by atoms with E-state index in [9.17, 15) is 53.1 Å². The van der Waals surface area contributed by atoms with Gasteiger partial charge in [0.15, 0.2) is 5.96 Å². The summed E-state index contributed by atoms with van der Waals surface area (Å²) in [6.45, 7) is 18.0. The van der Waals surface area contributed by atoms with Crippen molar-refractivity contribution in [3.05, 3.63) is 0 Å². The molecular weight excluding hydrogens is 923 g/mol. The van der Waals surface area contributed by atoms with Gasteiger partial charge in [0.2, 0.25) is 59.1 Å². The van der Waals surface area contributed by atoms with Gasteiger partial charge in [-0.25, -0.2) is 0 Å². The SMILES string of the molecule is CCC[C@H](NC(=O)[C@@H](NC(=O)[C@H](NC(=O)[C@@H](NC(=O)CNC(=O)CN(C)C(C)=O)C(C)C)[C@@H](C)CC)[C@@H](C)O)C(=O)N[C@H](C(=O)N[C@@H](CCCN=C(N)N)C(=O)N(C)[C@@H](CCC)C(=O)NCC)[C@@H](C)CC. The summed E-state index contributed by atoms with van der Waals surface area (Å²) in [7, 11) is 2.91. The van der Waals surface area contributed by atoms with Crippen molar-refractivity contribution in [2.75, 3.05) is 40.3 Å². The number of rotatable bonds is 33. The predicted octanol–water partition coefficient (Wildman–Crippen LogP) is -1.76. The van der Waals surface area contributed by atoms with Crippen LogP contribution in [0.4, 0.5) is 0 Å². The highest BCUT2D eigenvalue weighted by Gasteiger charge is 2.38. The highest BCUT2D eigenvalue weighted by Crippen LogP contribution is 2.15. The number of likely N-dealkylation sites (N-methyl/N-ethyl adjacent to an activating group) is 3. The van der Waals surface area contributed by atoms with E-state index in [1.165, 1.54) is 32.8 Å². The molecule has 0 aromatic heterocycles. The van der Waals surface area contributed by atoms with Crippen LogP contribution in [-0.4, -0.2) is 169 Å². The molecular formula is C47H87N13O11. The van der Waals surface area contributed by atoms with Crippen LogP contribution in [0.2, 0.25) is 0 Å². The van der Waals surface area contributed by atoms with Crippen LogP contribution in [0, 0.1) is 17.8 Å². The minimum Gasteiger partial charge on any atom is -0.391 e. The zero-order chi connectivity index (χ0) is 54.7. The van der Waals surface area contributed by atoms with Crippen LogP contribution >= 0.6 is 0 Å². The molecule has 0 spiro atoms. The second-order valence-electron chi connectivity index (χ2n) is 18.4. The van der Waals surface area contributed by atoms with Crippen LogP contribution < -0.4 is 54.0 Å². The first kappa shape index (κ1) is 64.9. The fourth-order valence-electron chi connectivity index (χ4n) is 7.18. The van der Waals surface area contributed by atoms with Gasteiger partial charge < -0.3 is 68.9 Å². The Morgan fingerprint density at radius 3 is 1.55 bits per heavy atom. The van der Waals surface area contributed by atoms with Gasteiger partial charge in [-0.3, -0.25) is 52.9 Å². The third-order valence-corrected chi connectivity index (χ3v) is 12.1. The molecule has 0 aromatic rings. The first-order valence-electron chi connectivity index (χ1n) is 24.8. The van der Waals surface area contributed by atoms with E-state index in [1.807, 2.05) is 13.8 Å². The Morgan fingerprint density at radius 2 is 1.07 bits per heavy atom. The molecule has 10 atom stereocenters. The maximum atomic E-state index is 14.2. The zero-order valence-electron chi connectivity index (χ0n) is 44.4. The van der Waals surface area contributed by atoms with Crippen LogP contribution in [-0.2, 0) is 47.9 Å². The summed E-state index contributed by atoms with van der Waals surface area (Å²) in [4.78, 5) is 140. The average Bonchev–Trinajstić information content (AvgIpc) is 3.30. The van der Waals surface area contributed by atoms with Crippen molar-refractivity contribution in [1.82, 2.24) is 52.3 Å². The van der Waals surface area contributed by atoms with Gasteiger partial charge in [0, 0.05) is 34.1 Å². The quantitative estimate of drug-likeness (QED) is 0.0197. The first-order valence-corrected chi connectivity index (χ1v) is 24.8. The molecule has 0 radical (unpaired) electrons. The smallest absolute Gasteiger partial charge is 0.245 e. The molecule has 0 saturated carbocycles. The van der Waals surface area contributed by atoms with Crippen molar-refractivity contribution in [2.24, 2.45) is 34.2 Å². The van der Waals surface area contributed by atoms with Crippen molar-refractivity contribution < 1.29 is 53.1 Å². The lowest BCUT2D eigenvalue weighted by Crippen LogP contribution is -2.63. The van der Waals surface area contributed by atoms with E-state index in [4.69, 9.17) is 11.5 Å². The number of carbonyl (C=O) groups excluding carboxylic acids is 10. The van der Waals surface area contributed by atoms with Crippen LogP contribution in [0.3, 0.4) is 0 Å². The van der Waals surface area contributed by atoms with Gasteiger partial charge in [-0.2, -0.15) is 0 Å². The zero-order valence-corrected chi connectivity index (χ0v) is 44.4. The second-order valence-corrected chi connectivity index (χ2v) is 18.4. The number of aliphatic hydroxyl groups is 1. The van der Waals surface area contributed by atoms with Gasteiger partial charge in [-0.15, -0.1) is 0 Å². The lowest BCUT2D eigenvalue weighted by Gasteiger charge is -2.32. The summed E-state index contributed by atoms with van der Waals surface area (Å²) < 4.78 is 0. The molecule has 0 aliphatic carbocycles. The van der Waals surface area contributed by atoms with Crippen molar-refractivity contribution in [3.8, 4) is 0 Å². The summed E-state index contributed by atoms with van der Waals surface area (Å²) in [5, 5.41) is 31.9. The van der Waals surface area contributed by atoms with Crippen LogP contribution in [0.25, 0.3) is 0 Å². The molecule has 10 amide bonds. The molecule has 24 nitrogen and oxygen atoms in total. The van der Waals surface area contributed by atoms with E-state index in [0.29, 0.717) is 38.6 Å². The molecule has 0 fully saturated rings.